The van der Waals surface area contributed by atoms with Crippen LogP contribution in [0.15, 0.2) is 47.3 Å². The fraction of sp³-hybridized carbons (Fsp3) is 0.238. The summed E-state index contributed by atoms with van der Waals surface area (Å²) in [5.41, 5.74) is 0.846. The molecule has 2 amide bonds. The standard InChI is InChI=1S/C21H21ClN4O4/c1-4-25(13(2)27)20-21(29)26(17-8-6-5-7-15(17)24-20)12-19(28)23-16-11-14(22)9-10-18(16)30-3/h5-11H,4,12H2,1-3H3,(H,23,28). The molecule has 3 aromatic rings. The molecule has 0 bridgehead atoms. The van der Waals surface area contributed by atoms with Crippen LogP contribution in [0.1, 0.15) is 13.8 Å². The fourth-order valence-corrected chi connectivity index (χ4v) is 3.32. The summed E-state index contributed by atoms with van der Waals surface area (Å²) in [6, 6.07) is 11.8. The molecule has 0 aliphatic heterocycles. The van der Waals surface area contributed by atoms with Crippen molar-refractivity contribution in [1.29, 1.82) is 0 Å². The molecule has 1 heterocycles. The van der Waals surface area contributed by atoms with E-state index in [2.05, 4.69) is 10.3 Å². The van der Waals surface area contributed by atoms with Gasteiger partial charge in [-0.25, -0.2) is 4.98 Å². The smallest absolute Gasteiger partial charge is 0.294 e. The van der Waals surface area contributed by atoms with E-state index in [1.807, 2.05) is 0 Å². The molecule has 156 valence electrons. The summed E-state index contributed by atoms with van der Waals surface area (Å²) in [4.78, 5) is 43.5. The molecule has 0 atom stereocenters. The van der Waals surface area contributed by atoms with Gasteiger partial charge in [0, 0.05) is 18.5 Å². The lowest BCUT2D eigenvalue weighted by Crippen LogP contribution is -2.38. The van der Waals surface area contributed by atoms with Gasteiger partial charge in [-0.15, -0.1) is 0 Å². The van der Waals surface area contributed by atoms with Crippen LogP contribution >= 0.6 is 11.6 Å². The van der Waals surface area contributed by atoms with E-state index >= 15 is 0 Å². The number of carbonyl (C=O) groups excluding carboxylic acids is 2. The first-order valence-corrected chi connectivity index (χ1v) is 9.64. The van der Waals surface area contributed by atoms with Crippen LogP contribution in [0.2, 0.25) is 5.02 Å². The monoisotopic (exact) mass is 428 g/mol. The van der Waals surface area contributed by atoms with E-state index in [0.717, 1.165) is 0 Å². The molecule has 2 aromatic carbocycles. The summed E-state index contributed by atoms with van der Waals surface area (Å²) in [6.45, 7) is 3.12. The zero-order chi connectivity index (χ0) is 21.8. The Labute approximate surface area is 178 Å². The summed E-state index contributed by atoms with van der Waals surface area (Å²) in [6.07, 6.45) is 0. The van der Waals surface area contributed by atoms with Gasteiger partial charge < -0.3 is 10.1 Å². The van der Waals surface area contributed by atoms with Gasteiger partial charge in [0.2, 0.25) is 17.6 Å². The van der Waals surface area contributed by atoms with Crippen molar-refractivity contribution < 1.29 is 14.3 Å². The first kappa shape index (κ1) is 21.3. The Morgan fingerprint density at radius 2 is 1.97 bits per heavy atom. The number of aromatic nitrogens is 2. The van der Waals surface area contributed by atoms with E-state index < -0.39 is 11.5 Å². The minimum Gasteiger partial charge on any atom is -0.495 e. The highest BCUT2D eigenvalue weighted by Crippen LogP contribution is 2.27. The van der Waals surface area contributed by atoms with Gasteiger partial charge in [-0.1, -0.05) is 23.7 Å². The van der Waals surface area contributed by atoms with E-state index in [1.54, 1.807) is 49.4 Å². The van der Waals surface area contributed by atoms with Crippen LogP contribution in [0.25, 0.3) is 11.0 Å². The Balaban J connectivity index is 2.04. The molecular formula is C21H21ClN4O4. The van der Waals surface area contributed by atoms with Gasteiger partial charge in [0.1, 0.15) is 12.3 Å². The summed E-state index contributed by atoms with van der Waals surface area (Å²) >= 11 is 6.01. The first-order chi connectivity index (χ1) is 14.3. The molecule has 0 fully saturated rings. The van der Waals surface area contributed by atoms with Crippen LogP contribution < -0.4 is 20.5 Å². The Bertz CT molecular complexity index is 1180. The maximum absolute atomic E-state index is 13.1. The fourth-order valence-electron chi connectivity index (χ4n) is 3.14. The van der Waals surface area contributed by atoms with Crippen molar-refractivity contribution in [2.45, 2.75) is 20.4 Å². The van der Waals surface area contributed by atoms with E-state index in [9.17, 15) is 14.4 Å². The highest BCUT2D eigenvalue weighted by molar-refractivity contribution is 6.31. The van der Waals surface area contributed by atoms with Crippen molar-refractivity contribution in [3.8, 4) is 5.75 Å². The van der Waals surface area contributed by atoms with Crippen LogP contribution in [0, 0.1) is 0 Å². The second-order valence-corrected chi connectivity index (χ2v) is 6.91. The SMILES string of the molecule is CCN(C(C)=O)c1nc2ccccc2n(CC(=O)Nc2cc(Cl)ccc2OC)c1=O. The third-order valence-corrected chi connectivity index (χ3v) is 4.76. The molecule has 0 aliphatic carbocycles. The Kier molecular flexibility index (Phi) is 6.37. The van der Waals surface area contributed by atoms with E-state index in [0.29, 0.717) is 27.5 Å². The topological polar surface area (TPSA) is 93.5 Å². The first-order valence-electron chi connectivity index (χ1n) is 9.26. The van der Waals surface area contributed by atoms with Gasteiger partial charge in [0.05, 0.1) is 23.8 Å². The molecule has 1 aromatic heterocycles. The number of amides is 2. The van der Waals surface area contributed by atoms with Gasteiger partial charge in [-0.2, -0.15) is 0 Å². The zero-order valence-electron chi connectivity index (χ0n) is 16.8. The molecule has 1 N–H and O–H groups in total. The zero-order valence-corrected chi connectivity index (χ0v) is 17.6. The lowest BCUT2D eigenvalue weighted by Gasteiger charge is -2.20. The van der Waals surface area contributed by atoms with Crippen molar-refractivity contribution in [2.75, 3.05) is 23.9 Å². The lowest BCUT2D eigenvalue weighted by molar-refractivity contribution is -0.117. The molecule has 0 saturated heterocycles. The highest BCUT2D eigenvalue weighted by atomic mass is 35.5. The highest BCUT2D eigenvalue weighted by Gasteiger charge is 2.20. The molecule has 0 spiro atoms. The van der Waals surface area contributed by atoms with Crippen LogP contribution in [0.4, 0.5) is 11.5 Å². The number of nitrogens with one attached hydrogen (secondary N) is 1. The summed E-state index contributed by atoms with van der Waals surface area (Å²) < 4.78 is 6.54. The van der Waals surface area contributed by atoms with E-state index in [1.165, 1.54) is 23.5 Å². The van der Waals surface area contributed by atoms with Crippen molar-refractivity contribution >= 4 is 46.0 Å². The lowest BCUT2D eigenvalue weighted by atomic mass is 10.2. The van der Waals surface area contributed by atoms with Crippen LogP contribution in [-0.2, 0) is 16.1 Å². The van der Waals surface area contributed by atoms with Gasteiger partial charge in [-0.05, 0) is 37.3 Å². The number of carbonyl (C=O) groups is 2. The summed E-state index contributed by atoms with van der Waals surface area (Å²) in [5, 5.41) is 3.15. The molecule has 0 radical (unpaired) electrons. The van der Waals surface area contributed by atoms with E-state index in [4.69, 9.17) is 16.3 Å². The molecule has 0 aliphatic rings. The van der Waals surface area contributed by atoms with Gasteiger partial charge >= 0.3 is 0 Å². The van der Waals surface area contributed by atoms with Gasteiger partial charge in [0.25, 0.3) is 5.56 Å². The summed E-state index contributed by atoms with van der Waals surface area (Å²) in [5.74, 6) is -0.339. The van der Waals surface area contributed by atoms with Crippen LogP contribution in [0.3, 0.4) is 0 Å². The number of methoxy groups -OCH3 is 1. The number of ether oxygens (including phenoxy) is 1. The molecule has 0 unspecified atom stereocenters. The van der Waals surface area contributed by atoms with Crippen LogP contribution in [-0.4, -0.2) is 35.0 Å². The number of anilines is 2. The minimum absolute atomic E-state index is 0.0168. The largest absolute Gasteiger partial charge is 0.495 e. The molecule has 9 heteroatoms. The normalized spacial score (nSPS) is 10.7. The van der Waals surface area contributed by atoms with Crippen molar-refractivity contribution in [3.05, 3.63) is 57.8 Å². The molecule has 3 rings (SSSR count). The Hall–Kier alpha value is -3.39. The number of para-hydroxylation sites is 2. The average molecular weight is 429 g/mol. The van der Waals surface area contributed by atoms with Crippen molar-refractivity contribution in [2.24, 2.45) is 0 Å². The quantitative estimate of drug-likeness (QED) is 0.651. The molecule has 30 heavy (non-hydrogen) atoms. The maximum Gasteiger partial charge on any atom is 0.294 e. The summed E-state index contributed by atoms with van der Waals surface area (Å²) in [7, 11) is 1.48. The second kappa shape index (κ2) is 8.96. The van der Waals surface area contributed by atoms with Gasteiger partial charge in [-0.3, -0.25) is 23.9 Å². The number of rotatable bonds is 6. The number of hydrogen-bond donors (Lipinski definition) is 1. The number of nitrogens with zero attached hydrogens (tertiary/aromatic N) is 3. The molecular weight excluding hydrogens is 408 g/mol. The third kappa shape index (κ3) is 4.28. The average Bonchev–Trinajstić information content (AvgIpc) is 2.71. The Morgan fingerprint density at radius 1 is 1.23 bits per heavy atom. The molecule has 8 nitrogen and oxygen atoms in total. The number of fused-ring (bicyclic) bond motifs is 1. The number of halogens is 1. The van der Waals surface area contributed by atoms with E-state index in [-0.39, 0.29) is 24.8 Å². The maximum atomic E-state index is 13.1. The van der Waals surface area contributed by atoms with Crippen LogP contribution in [0.5, 0.6) is 5.75 Å². The number of hydrogen-bond acceptors (Lipinski definition) is 5. The van der Waals surface area contributed by atoms with Crippen molar-refractivity contribution in [1.82, 2.24) is 9.55 Å². The third-order valence-electron chi connectivity index (χ3n) is 4.52. The Morgan fingerprint density at radius 3 is 2.63 bits per heavy atom. The van der Waals surface area contributed by atoms with Crippen molar-refractivity contribution in [3.63, 3.8) is 0 Å². The predicted molar refractivity (Wildman–Crippen MR) is 116 cm³/mol. The minimum atomic E-state index is -0.529. The number of benzene rings is 2. The molecule has 0 saturated carbocycles. The van der Waals surface area contributed by atoms with Gasteiger partial charge in [0.15, 0.2) is 0 Å². The predicted octanol–water partition coefficient (Wildman–Crippen LogP) is 3.07. The second-order valence-electron chi connectivity index (χ2n) is 6.47.